The van der Waals surface area contributed by atoms with Crippen LogP contribution in [0.2, 0.25) is 0 Å². The number of para-hydroxylation sites is 1. The van der Waals surface area contributed by atoms with E-state index in [-0.39, 0.29) is 6.61 Å². The maximum absolute atomic E-state index is 9.60. The molecule has 1 fully saturated rings. The number of ether oxygens (including phenoxy) is 1. The maximum atomic E-state index is 9.60. The van der Waals surface area contributed by atoms with E-state index in [1.165, 1.54) is 5.56 Å². The first kappa shape index (κ1) is 18.7. The number of hydrogen-bond donors (Lipinski definition) is 1. The van der Waals surface area contributed by atoms with E-state index in [9.17, 15) is 5.11 Å². The third-order valence-electron chi connectivity index (χ3n) is 5.49. The molecular weight excluding hydrogens is 350 g/mol. The molecule has 0 saturated carbocycles. The molecule has 1 aromatic heterocycles. The summed E-state index contributed by atoms with van der Waals surface area (Å²) in [6.45, 7) is 3.79. The number of aliphatic hydroxyl groups is 1. The molecule has 2 aromatic carbocycles. The van der Waals surface area contributed by atoms with Gasteiger partial charge < -0.3 is 14.7 Å². The first-order valence-electron chi connectivity index (χ1n) is 9.85. The smallest absolute Gasteiger partial charge is 0.129 e. The molecule has 4 rings (SSSR count). The Morgan fingerprint density at radius 1 is 1.07 bits per heavy atom. The molecule has 0 spiro atoms. The summed E-state index contributed by atoms with van der Waals surface area (Å²) < 4.78 is 5.35. The fourth-order valence-electron chi connectivity index (χ4n) is 3.97. The third kappa shape index (κ3) is 4.11. The van der Waals surface area contributed by atoms with Crippen molar-refractivity contribution in [2.24, 2.45) is 0 Å². The Morgan fingerprint density at radius 2 is 1.96 bits per heavy atom. The average molecular weight is 377 g/mol. The fourth-order valence-corrected chi connectivity index (χ4v) is 3.97. The SMILES string of the molecule is COc1cccc(CN2CCN(c3ccc4ccccc4n3)C[C@H]2CCO)c1. The molecule has 0 bridgehead atoms. The number of pyridine rings is 1. The summed E-state index contributed by atoms with van der Waals surface area (Å²) in [6, 6.07) is 21.0. The van der Waals surface area contributed by atoms with Crippen LogP contribution in [0.3, 0.4) is 0 Å². The van der Waals surface area contributed by atoms with Crippen molar-refractivity contribution in [2.75, 3.05) is 38.3 Å². The molecule has 0 radical (unpaired) electrons. The van der Waals surface area contributed by atoms with Gasteiger partial charge in [-0.25, -0.2) is 4.98 Å². The lowest BCUT2D eigenvalue weighted by Gasteiger charge is -2.42. The monoisotopic (exact) mass is 377 g/mol. The standard InChI is InChI=1S/C23H27N3O2/c1-28-21-7-4-5-18(15-21)16-25-12-13-26(17-20(25)11-14-27)23-10-9-19-6-2-3-8-22(19)24-23/h2-10,15,20,27H,11-14,16-17H2,1H3/t20-/m1/s1. The quantitative estimate of drug-likeness (QED) is 0.714. The van der Waals surface area contributed by atoms with Crippen molar-refractivity contribution in [3.05, 3.63) is 66.2 Å². The van der Waals surface area contributed by atoms with E-state index in [1.807, 2.05) is 24.3 Å². The molecule has 1 atom stereocenters. The van der Waals surface area contributed by atoms with Gasteiger partial charge in [0, 0.05) is 44.2 Å². The zero-order valence-corrected chi connectivity index (χ0v) is 16.3. The Hall–Kier alpha value is -2.63. The summed E-state index contributed by atoms with van der Waals surface area (Å²) in [5.41, 5.74) is 2.26. The van der Waals surface area contributed by atoms with Gasteiger partial charge in [-0.1, -0.05) is 30.3 Å². The van der Waals surface area contributed by atoms with Crippen LogP contribution in [0.15, 0.2) is 60.7 Å². The van der Waals surface area contributed by atoms with Crippen LogP contribution < -0.4 is 9.64 Å². The Bertz CT molecular complexity index is 930. The normalized spacial score (nSPS) is 17.8. The van der Waals surface area contributed by atoms with Gasteiger partial charge in [0.15, 0.2) is 0 Å². The minimum absolute atomic E-state index is 0.193. The summed E-state index contributed by atoms with van der Waals surface area (Å²) >= 11 is 0. The summed E-state index contributed by atoms with van der Waals surface area (Å²) in [6.07, 6.45) is 0.758. The largest absolute Gasteiger partial charge is 0.497 e. The minimum atomic E-state index is 0.193. The van der Waals surface area contributed by atoms with Crippen LogP contribution in [0.25, 0.3) is 10.9 Å². The molecule has 5 heteroatoms. The second kappa shape index (κ2) is 8.59. The van der Waals surface area contributed by atoms with Gasteiger partial charge in [0.05, 0.1) is 12.6 Å². The van der Waals surface area contributed by atoms with Crippen molar-refractivity contribution < 1.29 is 9.84 Å². The predicted molar refractivity (Wildman–Crippen MR) is 113 cm³/mol. The molecular formula is C23H27N3O2. The van der Waals surface area contributed by atoms with E-state index in [4.69, 9.17) is 9.72 Å². The van der Waals surface area contributed by atoms with E-state index in [0.717, 1.165) is 55.1 Å². The van der Waals surface area contributed by atoms with Crippen LogP contribution in [0.1, 0.15) is 12.0 Å². The average Bonchev–Trinajstić information content (AvgIpc) is 2.75. The van der Waals surface area contributed by atoms with Crippen molar-refractivity contribution in [3.63, 3.8) is 0 Å². The highest BCUT2D eigenvalue weighted by molar-refractivity contribution is 5.80. The lowest BCUT2D eigenvalue weighted by molar-refractivity contribution is 0.135. The van der Waals surface area contributed by atoms with Gasteiger partial charge in [0.2, 0.25) is 0 Å². The van der Waals surface area contributed by atoms with E-state index in [2.05, 4.69) is 46.2 Å². The second-order valence-corrected chi connectivity index (χ2v) is 7.30. The molecule has 146 valence electrons. The first-order valence-corrected chi connectivity index (χ1v) is 9.85. The number of nitrogens with zero attached hydrogens (tertiary/aromatic N) is 3. The van der Waals surface area contributed by atoms with Gasteiger partial charge in [-0.15, -0.1) is 0 Å². The fraction of sp³-hybridized carbons (Fsp3) is 0.348. The zero-order valence-electron chi connectivity index (χ0n) is 16.3. The van der Waals surface area contributed by atoms with Crippen molar-refractivity contribution in [3.8, 4) is 5.75 Å². The van der Waals surface area contributed by atoms with Gasteiger partial charge >= 0.3 is 0 Å². The Labute approximate surface area is 166 Å². The number of anilines is 1. The first-order chi connectivity index (χ1) is 13.8. The third-order valence-corrected chi connectivity index (χ3v) is 5.49. The van der Waals surface area contributed by atoms with E-state index in [0.29, 0.717) is 6.04 Å². The molecule has 0 amide bonds. The van der Waals surface area contributed by atoms with Crippen LogP contribution in [-0.4, -0.2) is 54.4 Å². The molecule has 3 aromatic rings. The molecule has 0 unspecified atom stereocenters. The van der Waals surface area contributed by atoms with Gasteiger partial charge in [-0.2, -0.15) is 0 Å². The van der Waals surface area contributed by atoms with Crippen LogP contribution >= 0.6 is 0 Å². The molecule has 1 aliphatic rings. The van der Waals surface area contributed by atoms with Crippen molar-refractivity contribution in [2.45, 2.75) is 19.0 Å². The summed E-state index contributed by atoms with van der Waals surface area (Å²) in [4.78, 5) is 9.66. The number of hydrogen-bond acceptors (Lipinski definition) is 5. The Balaban J connectivity index is 1.50. The van der Waals surface area contributed by atoms with Gasteiger partial charge in [-0.3, -0.25) is 4.90 Å². The lowest BCUT2D eigenvalue weighted by Crippen LogP contribution is -2.53. The van der Waals surface area contributed by atoms with Crippen molar-refractivity contribution >= 4 is 16.7 Å². The van der Waals surface area contributed by atoms with Crippen LogP contribution in [0.4, 0.5) is 5.82 Å². The molecule has 1 saturated heterocycles. The van der Waals surface area contributed by atoms with Gasteiger partial charge in [0.25, 0.3) is 0 Å². The van der Waals surface area contributed by atoms with E-state index in [1.54, 1.807) is 7.11 Å². The highest BCUT2D eigenvalue weighted by Gasteiger charge is 2.27. The maximum Gasteiger partial charge on any atom is 0.129 e. The molecule has 5 nitrogen and oxygen atoms in total. The summed E-state index contributed by atoms with van der Waals surface area (Å²) in [7, 11) is 1.70. The van der Waals surface area contributed by atoms with Gasteiger partial charge in [0.1, 0.15) is 11.6 Å². The number of piperazine rings is 1. The summed E-state index contributed by atoms with van der Waals surface area (Å²) in [5.74, 6) is 1.90. The number of aliphatic hydroxyl groups excluding tert-OH is 1. The lowest BCUT2D eigenvalue weighted by atomic mass is 10.1. The number of fused-ring (bicyclic) bond motifs is 1. The zero-order chi connectivity index (χ0) is 19.3. The van der Waals surface area contributed by atoms with E-state index < -0.39 is 0 Å². The highest BCUT2D eigenvalue weighted by Crippen LogP contribution is 2.24. The number of rotatable bonds is 6. The molecule has 2 heterocycles. The second-order valence-electron chi connectivity index (χ2n) is 7.30. The topological polar surface area (TPSA) is 48.8 Å². The number of benzene rings is 2. The van der Waals surface area contributed by atoms with Crippen molar-refractivity contribution in [1.82, 2.24) is 9.88 Å². The molecule has 1 N–H and O–H groups in total. The van der Waals surface area contributed by atoms with Crippen LogP contribution in [0.5, 0.6) is 5.75 Å². The number of aromatic nitrogens is 1. The van der Waals surface area contributed by atoms with E-state index >= 15 is 0 Å². The minimum Gasteiger partial charge on any atom is -0.497 e. The summed E-state index contributed by atoms with van der Waals surface area (Å²) in [5, 5.41) is 10.8. The predicted octanol–water partition coefficient (Wildman–Crippen LogP) is 3.32. The number of methoxy groups -OCH3 is 1. The van der Waals surface area contributed by atoms with Crippen LogP contribution in [0, 0.1) is 0 Å². The Morgan fingerprint density at radius 3 is 2.82 bits per heavy atom. The molecule has 1 aliphatic heterocycles. The van der Waals surface area contributed by atoms with Crippen molar-refractivity contribution in [1.29, 1.82) is 0 Å². The van der Waals surface area contributed by atoms with Gasteiger partial charge in [-0.05, 0) is 42.3 Å². The Kier molecular flexibility index (Phi) is 5.74. The molecule has 28 heavy (non-hydrogen) atoms. The van der Waals surface area contributed by atoms with Crippen LogP contribution in [-0.2, 0) is 6.54 Å². The highest BCUT2D eigenvalue weighted by atomic mass is 16.5. The molecule has 0 aliphatic carbocycles.